The summed E-state index contributed by atoms with van der Waals surface area (Å²) >= 11 is 10.7. The Morgan fingerprint density at radius 2 is 2.40 bits per heavy atom. The van der Waals surface area contributed by atoms with Crippen molar-refractivity contribution in [3.63, 3.8) is 0 Å². The predicted molar refractivity (Wildman–Crippen MR) is 39.2 cm³/mol. The zero-order valence-electron chi connectivity index (χ0n) is 5.14. The largest absolute Gasteiger partial charge is 0.500 e. The average Bonchev–Trinajstić information content (AvgIpc) is 2.36. The molecule has 0 amide bonds. The van der Waals surface area contributed by atoms with Crippen LogP contribution in [0.5, 0.6) is 0 Å². The topological polar surface area (TPSA) is 26.3 Å². The lowest BCUT2D eigenvalue weighted by Crippen LogP contribution is -2.09. The van der Waals surface area contributed by atoms with E-state index < -0.39 is 4.84 Å². The van der Waals surface area contributed by atoms with E-state index in [2.05, 4.69) is 0 Å². The van der Waals surface area contributed by atoms with Gasteiger partial charge in [0.15, 0.2) is 10.6 Å². The molecule has 10 heavy (non-hydrogen) atoms. The van der Waals surface area contributed by atoms with Crippen molar-refractivity contribution in [2.75, 3.05) is 6.61 Å². The standard InChI is InChI=1S/C6H6Cl2O2/c7-6(8)5(9)4-1-2-10-3-4/h3,6H,1-2H2. The summed E-state index contributed by atoms with van der Waals surface area (Å²) in [6, 6.07) is 0. The Morgan fingerprint density at radius 3 is 2.80 bits per heavy atom. The Bertz CT molecular complexity index is 175. The van der Waals surface area contributed by atoms with Gasteiger partial charge in [-0.15, -0.1) is 0 Å². The highest BCUT2D eigenvalue weighted by Gasteiger charge is 2.19. The fraction of sp³-hybridized carbons (Fsp3) is 0.500. The van der Waals surface area contributed by atoms with Crippen LogP contribution in [0.15, 0.2) is 11.8 Å². The van der Waals surface area contributed by atoms with Gasteiger partial charge >= 0.3 is 0 Å². The van der Waals surface area contributed by atoms with Crippen molar-refractivity contribution in [3.8, 4) is 0 Å². The molecule has 0 saturated heterocycles. The maximum Gasteiger partial charge on any atom is 0.194 e. The van der Waals surface area contributed by atoms with Crippen molar-refractivity contribution < 1.29 is 9.53 Å². The maximum atomic E-state index is 10.9. The number of halogens is 2. The first-order valence-corrected chi connectivity index (χ1v) is 3.72. The van der Waals surface area contributed by atoms with Crippen molar-refractivity contribution in [2.45, 2.75) is 11.3 Å². The molecule has 0 unspecified atom stereocenters. The van der Waals surface area contributed by atoms with Gasteiger partial charge in [-0.1, -0.05) is 23.2 Å². The van der Waals surface area contributed by atoms with E-state index in [1.54, 1.807) is 0 Å². The van der Waals surface area contributed by atoms with Crippen LogP contribution in [0.1, 0.15) is 6.42 Å². The number of hydrogen-bond acceptors (Lipinski definition) is 2. The van der Waals surface area contributed by atoms with Crippen LogP contribution in [0.3, 0.4) is 0 Å². The second-order valence-electron chi connectivity index (χ2n) is 1.93. The summed E-state index contributed by atoms with van der Waals surface area (Å²) in [6.07, 6.45) is 2.04. The highest BCUT2D eigenvalue weighted by Crippen LogP contribution is 2.17. The Kier molecular flexibility index (Phi) is 2.57. The van der Waals surface area contributed by atoms with Crippen LogP contribution in [0.2, 0.25) is 0 Å². The van der Waals surface area contributed by atoms with E-state index in [9.17, 15) is 4.79 Å². The van der Waals surface area contributed by atoms with E-state index in [1.807, 2.05) is 0 Å². The van der Waals surface area contributed by atoms with Gasteiger partial charge in [0.25, 0.3) is 0 Å². The van der Waals surface area contributed by atoms with Gasteiger partial charge in [-0.3, -0.25) is 4.79 Å². The molecule has 0 atom stereocenters. The van der Waals surface area contributed by atoms with Crippen molar-refractivity contribution in [3.05, 3.63) is 11.8 Å². The number of carbonyl (C=O) groups is 1. The summed E-state index contributed by atoms with van der Waals surface area (Å²) in [5.74, 6) is -0.249. The van der Waals surface area contributed by atoms with Crippen LogP contribution in [0, 0.1) is 0 Å². The van der Waals surface area contributed by atoms with Gasteiger partial charge in [0.1, 0.15) is 0 Å². The summed E-state index contributed by atoms with van der Waals surface area (Å²) in [7, 11) is 0. The van der Waals surface area contributed by atoms with E-state index >= 15 is 0 Å². The molecule has 0 aromatic rings. The molecule has 1 aliphatic rings. The van der Waals surface area contributed by atoms with E-state index in [4.69, 9.17) is 27.9 Å². The third-order valence-electron chi connectivity index (χ3n) is 1.23. The molecule has 0 aliphatic carbocycles. The minimum absolute atomic E-state index is 0.249. The molecule has 0 spiro atoms. The van der Waals surface area contributed by atoms with Crippen molar-refractivity contribution >= 4 is 29.0 Å². The van der Waals surface area contributed by atoms with Gasteiger partial charge in [-0.05, 0) is 0 Å². The summed E-state index contributed by atoms with van der Waals surface area (Å²) in [4.78, 5) is 9.98. The summed E-state index contributed by atoms with van der Waals surface area (Å²) < 4.78 is 4.83. The molecule has 0 N–H and O–H groups in total. The van der Waals surface area contributed by atoms with Crippen molar-refractivity contribution in [2.24, 2.45) is 0 Å². The van der Waals surface area contributed by atoms with Crippen LogP contribution >= 0.6 is 23.2 Å². The molecule has 2 nitrogen and oxygen atoms in total. The molecule has 1 aliphatic heterocycles. The van der Waals surface area contributed by atoms with Crippen LogP contribution in [-0.2, 0) is 9.53 Å². The predicted octanol–water partition coefficient (Wildman–Crippen LogP) is 1.66. The third kappa shape index (κ3) is 1.64. The summed E-state index contributed by atoms with van der Waals surface area (Å²) in [5.41, 5.74) is 0.579. The Hall–Kier alpha value is -0.210. The van der Waals surface area contributed by atoms with Crippen LogP contribution < -0.4 is 0 Å². The lowest BCUT2D eigenvalue weighted by molar-refractivity contribution is -0.114. The monoisotopic (exact) mass is 180 g/mol. The number of hydrogen-bond donors (Lipinski definition) is 0. The molecule has 4 heteroatoms. The number of alkyl halides is 2. The highest BCUT2D eigenvalue weighted by molar-refractivity contribution is 6.55. The van der Waals surface area contributed by atoms with Crippen molar-refractivity contribution in [1.82, 2.24) is 0 Å². The molecular weight excluding hydrogens is 175 g/mol. The lowest BCUT2D eigenvalue weighted by Gasteiger charge is -1.96. The molecule has 0 saturated carbocycles. The Balaban J connectivity index is 2.56. The van der Waals surface area contributed by atoms with E-state index in [0.717, 1.165) is 0 Å². The fourth-order valence-corrected chi connectivity index (χ4v) is 0.989. The van der Waals surface area contributed by atoms with Gasteiger partial charge in [0, 0.05) is 12.0 Å². The lowest BCUT2D eigenvalue weighted by atomic mass is 10.2. The highest BCUT2D eigenvalue weighted by atomic mass is 35.5. The summed E-state index contributed by atoms with van der Waals surface area (Å²) in [6.45, 7) is 0.557. The third-order valence-corrected chi connectivity index (χ3v) is 1.63. The molecular formula is C6H6Cl2O2. The number of carbonyl (C=O) groups excluding carboxylic acids is 1. The van der Waals surface area contributed by atoms with Crippen LogP contribution in [-0.4, -0.2) is 17.2 Å². The smallest absolute Gasteiger partial charge is 0.194 e. The maximum absolute atomic E-state index is 10.9. The number of rotatable bonds is 2. The van der Waals surface area contributed by atoms with Crippen LogP contribution in [0.4, 0.5) is 0 Å². The van der Waals surface area contributed by atoms with E-state index in [-0.39, 0.29) is 5.78 Å². The zero-order chi connectivity index (χ0) is 7.56. The summed E-state index contributed by atoms with van der Waals surface area (Å²) in [5, 5.41) is 0. The average molecular weight is 181 g/mol. The number of ether oxygens (including phenoxy) is 1. The molecule has 0 aromatic heterocycles. The second-order valence-corrected chi connectivity index (χ2v) is 3.03. The quantitative estimate of drug-likeness (QED) is 0.605. The molecule has 0 fully saturated rings. The Labute approximate surface area is 68.8 Å². The molecule has 0 aromatic carbocycles. The minimum atomic E-state index is -0.951. The van der Waals surface area contributed by atoms with Gasteiger partial charge < -0.3 is 4.74 Å². The first kappa shape index (κ1) is 7.89. The molecule has 1 heterocycles. The fourth-order valence-electron chi connectivity index (χ4n) is 0.709. The van der Waals surface area contributed by atoms with Gasteiger partial charge in [0.05, 0.1) is 12.9 Å². The molecule has 0 bridgehead atoms. The van der Waals surface area contributed by atoms with E-state index in [1.165, 1.54) is 6.26 Å². The Morgan fingerprint density at radius 1 is 1.70 bits per heavy atom. The number of Topliss-reactive ketones (excluding diaryl/α,β-unsaturated/α-hetero) is 1. The SMILES string of the molecule is O=C(C1=COCC1)C(Cl)Cl. The second kappa shape index (κ2) is 3.26. The molecule has 1 rings (SSSR count). The first-order valence-electron chi connectivity index (χ1n) is 2.85. The molecule has 56 valence electrons. The van der Waals surface area contributed by atoms with Crippen LogP contribution in [0.25, 0.3) is 0 Å². The van der Waals surface area contributed by atoms with Gasteiger partial charge in [-0.2, -0.15) is 0 Å². The van der Waals surface area contributed by atoms with E-state index in [0.29, 0.717) is 18.6 Å². The number of ketones is 1. The first-order chi connectivity index (χ1) is 4.72. The molecule has 0 radical (unpaired) electrons. The van der Waals surface area contributed by atoms with Gasteiger partial charge in [0.2, 0.25) is 0 Å². The minimum Gasteiger partial charge on any atom is -0.500 e. The normalized spacial score (nSPS) is 16.9. The zero-order valence-corrected chi connectivity index (χ0v) is 6.65. The van der Waals surface area contributed by atoms with Crippen molar-refractivity contribution in [1.29, 1.82) is 0 Å². The van der Waals surface area contributed by atoms with Gasteiger partial charge in [-0.25, -0.2) is 0 Å².